The minimum absolute atomic E-state index is 0.102. The summed E-state index contributed by atoms with van der Waals surface area (Å²) < 4.78 is 10.8. The molecule has 0 bridgehead atoms. The summed E-state index contributed by atoms with van der Waals surface area (Å²) >= 11 is 0. The second-order valence-electron chi connectivity index (χ2n) is 4.73. The molecule has 0 atom stereocenters. The van der Waals surface area contributed by atoms with Gasteiger partial charge in [-0.3, -0.25) is 0 Å². The predicted molar refractivity (Wildman–Crippen MR) is 80.3 cm³/mol. The Bertz CT molecular complexity index is 634. The maximum atomic E-state index is 11.1. The highest BCUT2D eigenvalue weighted by atomic mass is 16.5. The molecule has 2 rings (SSSR count). The van der Waals surface area contributed by atoms with Gasteiger partial charge in [-0.15, -0.1) is 0 Å². The fourth-order valence-corrected chi connectivity index (χ4v) is 2.15. The third-order valence-electron chi connectivity index (χ3n) is 3.14. The number of rotatable bonds is 6. The van der Waals surface area contributed by atoms with Gasteiger partial charge in [-0.1, -0.05) is 35.9 Å². The summed E-state index contributed by atoms with van der Waals surface area (Å²) in [4.78, 5) is 11.1. The molecule has 0 fully saturated rings. The Kier molecular flexibility index (Phi) is 4.82. The molecule has 0 aliphatic rings. The van der Waals surface area contributed by atoms with Crippen LogP contribution in [-0.2, 0) is 6.42 Å². The maximum Gasteiger partial charge on any atom is 0.339 e. The standard InChI is InChI=1S/C17H18O4/c1-12-5-3-6-13(11-12)9-10-21-15-8-4-7-14(17(18)19)16(15)20-2/h3-8,11H,9-10H2,1-2H3,(H,18,19). The van der Waals surface area contributed by atoms with Crippen molar-refractivity contribution >= 4 is 5.97 Å². The van der Waals surface area contributed by atoms with Gasteiger partial charge < -0.3 is 14.6 Å². The molecule has 2 aromatic rings. The van der Waals surface area contributed by atoms with Crippen molar-refractivity contribution in [3.63, 3.8) is 0 Å². The Morgan fingerprint density at radius 1 is 1.19 bits per heavy atom. The number of aromatic carboxylic acids is 1. The third kappa shape index (κ3) is 3.75. The van der Waals surface area contributed by atoms with Crippen LogP contribution >= 0.6 is 0 Å². The molecule has 0 heterocycles. The molecule has 4 heteroatoms. The minimum Gasteiger partial charge on any atom is -0.492 e. The average Bonchev–Trinajstić information content (AvgIpc) is 2.47. The highest BCUT2D eigenvalue weighted by molar-refractivity contribution is 5.92. The lowest BCUT2D eigenvalue weighted by atomic mass is 10.1. The highest BCUT2D eigenvalue weighted by Crippen LogP contribution is 2.31. The van der Waals surface area contributed by atoms with Gasteiger partial charge in [0.2, 0.25) is 0 Å². The van der Waals surface area contributed by atoms with Crippen LogP contribution in [0.1, 0.15) is 21.5 Å². The number of hydrogen-bond acceptors (Lipinski definition) is 3. The fraction of sp³-hybridized carbons (Fsp3) is 0.235. The van der Waals surface area contributed by atoms with E-state index in [1.165, 1.54) is 24.3 Å². The lowest BCUT2D eigenvalue weighted by molar-refractivity contribution is 0.0692. The normalized spacial score (nSPS) is 10.2. The van der Waals surface area contributed by atoms with E-state index in [1.54, 1.807) is 12.1 Å². The number of para-hydroxylation sites is 1. The summed E-state index contributed by atoms with van der Waals surface area (Å²) in [5.41, 5.74) is 2.49. The first kappa shape index (κ1) is 14.9. The summed E-state index contributed by atoms with van der Waals surface area (Å²) in [7, 11) is 1.44. The smallest absolute Gasteiger partial charge is 0.339 e. The van der Waals surface area contributed by atoms with E-state index in [9.17, 15) is 4.79 Å². The Balaban J connectivity index is 2.06. The van der Waals surface area contributed by atoms with E-state index in [0.29, 0.717) is 12.4 Å². The molecule has 0 saturated heterocycles. The molecule has 21 heavy (non-hydrogen) atoms. The summed E-state index contributed by atoms with van der Waals surface area (Å²) in [6.45, 7) is 2.51. The van der Waals surface area contributed by atoms with Crippen LogP contribution in [0.4, 0.5) is 0 Å². The number of aryl methyl sites for hydroxylation is 1. The number of carbonyl (C=O) groups is 1. The van der Waals surface area contributed by atoms with Gasteiger partial charge in [0.25, 0.3) is 0 Å². The number of ether oxygens (including phenoxy) is 2. The van der Waals surface area contributed by atoms with Crippen LogP contribution in [0.15, 0.2) is 42.5 Å². The number of benzene rings is 2. The second-order valence-corrected chi connectivity index (χ2v) is 4.73. The first-order valence-corrected chi connectivity index (χ1v) is 6.70. The largest absolute Gasteiger partial charge is 0.492 e. The Morgan fingerprint density at radius 2 is 1.95 bits per heavy atom. The van der Waals surface area contributed by atoms with Crippen LogP contribution < -0.4 is 9.47 Å². The van der Waals surface area contributed by atoms with Gasteiger partial charge in [0.15, 0.2) is 11.5 Å². The second kappa shape index (κ2) is 6.79. The molecule has 2 aromatic carbocycles. The summed E-state index contributed by atoms with van der Waals surface area (Å²) in [6.07, 6.45) is 0.752. The van der Waals surface area contributed by atoms with Crippen LogP contribution in [0.25, 0.3) is 0 Å². The molecule has 0 unspecified atom stereocenters. The minimum atomic E-state index is -1.03. The van der Waals surface area contributed by atoms with Crippen LogP contribution in [0.3, 0.4) is 0 Å². The molecule has 0 radical (unpaired) electrons. The van der Waals surface area contributed by atoms with Gasteiger partial charge >= 0.3 is 5.97 Å². The number of methoxy groups -OCH3 is 1. The molecular formula is C17H18O4. The molecule has 1 N–H and O–H groups in total. The maximum absolute atomic E-state index is 11.1. The van der Waals surface area contributed by atoms with E-state index in [-0.39, 0.29) is 11.3 Å². The zero-order valence-corrected chi connectivity index (χ0v) is 12.1. The quantitative estimate of drug-likeness (QED) is 0.885. The molecule has 0 spiro atoms. The van der Waals surface area contributed by atoms with Gasteiger partial charge in [-0.2, -0.15) is 0 Å². The van der Waals surface area contributed by atoms with Crippen molar-refractivity contribution < 1.29 is 19.4 Å². The molecule has 0 aliphatic heterocycles. The SMILES string of the molecule is COc1c(OCCc2cccc(C)c2)cccc1C(=O)O. The molecule has 0 amide bonds. The zero-order chi connectivity index (χ0) is 15.2. The lowest BCUT2D eigenvalue weighted by Gasteiger charge is -2.12. The van der Waals surface area contributed by atoms with E-state index in [1.807, 2.05) is 25.1 Å². The third-order valence-corrected chi connectivity index (χ3v) is 3.14. The Hall–Kier alpha value is -2.49. The lowest BCUT2D eigenvalue weighted by Crippen LogP contribution is -2.06. The zero-order valence-electron chi connectivity index (χ0n) is 12.1. The Labute approximate surface area is 123 Å². The van der Waals surface area contributed by atoms with Gasteiger partial charge in [-0.05, 0) is 24.6 Å². The van der Waals surface area contributed by atoms with Crippen molar-refractivity contribution in [2.75, 3.05) is 13.7 Å². The van der Waals surface area contributed by atoms with Crippen LogP contribution in [0, 0.1) is 6.92 Å². The molecule has 0 aliphatic carbocycles. The Morgan fingerprint density at radius 3 is 2.62 bits per heavy atom. The van der Waals surface area contributed by atoms with Crippen molar-refractivity contribution in [2.45, 2.75) is 13.3 Å². The number of carboxylic acid groups (broad SMARTS) is 1. The predicted octanol–water partition coefficient (Wildman–Crippen LogP) is 3.32. The van der Waals surface area contributed by atoms with E-state index >= 15 is 0 Å². The van der Waals surface area contributed by atoms with Crippen molar-refractivity contribution in [3.8, 4) is 11.5 Å². The van der Waals surface area contributed by atoms with Crippen LogP contribution in [0.5, 0.6) is 11.5 Å². The average molecular weight is 286 g/mol. The molecule has 0 saturated carbocycles. The molecular weight excluding hydrogens is 268 g/mol. The monoisotopic (exact) mass is 286 g/mol. The van der Waals surface area contributed by atoms with Gasteiger partial charge in [-0.25, -0.2) is 4.79 Å². The van der Waals surface area contributed by atoms with Crippen molar-refractivity contribution in [1.82, 2.24) is 0 Å². The topological polar surface area (TPSA) is 55.8 Å². The summed E-state index contributed by atoms with van der Waals surface area (Å²) in [5, 5.41) is 9.12. The van der Waals surface area contributed by atoms with Gasteiger partial charge in [0.1, 0.15) is 5.56 Å². The van der Waals surface area contributed by atoms with E-state index in [4.69, 9.17) is 14.6 Å². The van der Waals surface area contributed by atoms with E-state index in [2.05, 4.69) is 6.07 Å². The molecule has 4 nitrogen and oxygen atoms in total. The molecule has 110 valence electrons. The van der Waals surface area contributed by atoms with E-state index in [0.717, 1.165) is 6.42 Å². The van der Waals surface area contributed by atoms with E-state index < -0.39 is 5.97 Å². The molecule has 0 aromatic heterocycles. The van der Waals surface area contributed by atoms with Gasteiger partial charge in [0, 0.05) is 6.42 Å². The summed E-state index contributed by atoms with van der Waals surface area (Å²) in [5.74, 6) is -0.324. The highest BCUT2D eigenvalue weighted by Gasteiger charge is 2.15. The number of carboxylic acids is 1. The fourth-order valence-electron chi connectivity index (χ4n) is 2.15. The van der Waals surface area contributed by atoms with Crippen molar-refractivity contribution in [3.05, 3.63) is 59.2 Å². The first-order valence-electron chi connectivity index (χ1n) is 6.70. The summed E-state index contributed by atoms with van der Waals surface area (Å²) in [6, 6.07) is 13.1. The first-order chi connectivity index (χ1) is 10.1. The number of hydrogen-bond donors (Lipinski definition) is 1. The van der Waals surface area contributed by atoms with Crippen molar-refractivity contribution in [2.24, 2.45) is 0 Å². The van der Waals surface area contributed by atoms with Crippen LogP contribution in [-0.4, -0.2) is 24.8 Å². The van der Waals surface area contributed by atoms with Crippen LogP contribution in [0.2, 0.25) is 0 Å². The van der Waals surface area contributed by atoms with Crippen molar-refractivity contribution in [1.29, 1.82) is 0 Å². The van der Waals surface area contributed by atoms with Gasteiger partial charge in [0.05, 0.1) is 13.7 Å².